The van der Waals surface area contributed by atoms with E-state index in [0.29, 0.717) is 12.2 Å². The molecule has 0 unspecified atom stereocenters. The van der Waals surface area contributed by atoms with E-state index < -0.39 is 28.5 Å². The molecule has 8 nitrogen and oxygen atoms in total. The van der Waals surface area contributed by atoms with Gasteiger partial charge in [0.25, 0.3) is 0 Å². The fourth-order valence-corrected chi connectivity index (χ4v) is 5.87. The van der Waals surface area contributed by atoms with Crippen LogP contribution in [0.1, 0.15) is 56.6 Å². The van der Waals surface area contributed by atoms with Crippen molar-refractivity contribution in [2.45, 2.75) is 71.0 Å². The molecule has 1 fully saturated rings. The van der Waals surface area contributed by atoms with Crippen molar-refractivity contribution in [2.24, 2.45) is 0 Å². The van der Waals surface area contributed by atoms with Crippen molar-refractivity contribution in [3.63, 3.8) is 0 Å². The van der Waals surface area contributed by atoms with Crippen LogP contribution in [0.25, 0.3) is 0 Å². The van der Waals surface area contributed by atoms with Gasteiger partial charge in [-0.15, -0.1) is 0 Å². The van der Waals surface area contributed by atoms with Crippen molar-refractivity contribution in [1.82, 2.24) is 10.2 Å². The molecule has 1 saturated carbocycles. The molecule has 0 aliphatic heterocycles. The molecule has 0 spiro atoms. The topological polar surface area (TPSA) is 96.0 Å². The van der Waals surface area contributed by atoms with Crippen LogP contribution in [0.15, 0.2) is 42.5 Å². The summed E-state index contributed by atoms with van der Waals surface area (Å²) in [5.41, 5.74) is 2.17. The van der Waals surface area contributed by atoms with E-state index in [9.17, 15) is 18.0 Å². The van der Waals surface area contributed by atoms with Crippen LogP contribution in [0.5, 0.6) is 5.75 Å². The third-order valence-electron chi connectivity index (χ3n) is 6.91. The molecule has 3 rings (SSSR count). The van der Waals surface area contributed by atoms with Crippen LogP contribution in [0.4, 0.5) is 5.69 Å². The van der Waals surface area contributed by atoms with Gasteiger partial charge in [0.2, 0.25) is 21.8 Å². The summed E-state index contributed by atoms with van der Waals surface area (Å²) in [6.45, 7) is 3.54. The lowest BCUT2D eigenvalue weighted by atomic mass is 9.95. The normalized spacial score (nSPS) is 15.0. The maximum Gasteiger partial charge on any atom is 0.244 e. The van der Waals surface area contributed by atoms with Crippen LogP contribution < -0.4 is 14.4 Å². The molecule has 1 aliphatic carbocycles. The number of carbonyl (C=O) groups is 2. The molecule has 2 amide bonds. The number of nitrogens with one attached hydrogen (secondary N) is 1. The maximum atomic E-state index is 13.8. The van der Waals surface area contributed by atoms with E-state index in [1.54, 1.807) is 6.07 Å². The molecule has 0 saturated heterocycles. The van der Waals surface area contributed by atoms with Crippen molar-refractivity contribution in [3.8, 4) is 5.75 Å². The third kappa shape index (κ3) is 7.86. The predicted molar refractivity (Wildman–Crippen MR) is 151 cm³/mol. The number of aryl methyl sites for hydroxylation is 1. The maximum absolute atomic E-state index is 13.8. The first kappa shape index (κ1) is 29.8. The van der Waals surface area contributed by atoms with Gasteiger partial charge in [0, 0.05) is 12.6 Å². The highest BCUT2D eigenvalue weighted by Crippen LogP contribution is 2.30. The largest absolute Gasteiger partial charge is 0.495 e. The monoisotopic (exact) mass is 563 g/mol. The average molecular weight is 564 g/mol. The number of anilines is 1. The van der Waals surface area contributed by atoms with E-state index in [1.807, 2.05) is 38.1 Å². The van der Waals surface area contributed by atoms with E-state index >= 15 is 0 Å². The van der Waals surface area contributed by atoms with Crippen molar-refractivity contribution < 1.29 is 22.7 Å². The number of nitrogens with zero attached hydrogens (tertiary/aromatic N) is 2. The molecule has 10 heteroatoms. The predicted octanol–water partition coefficient (Wildman–Crippen LogP) is 4.68. The summed E-state index contributed by atoms with van der Waals surface area (Å²) < 4.78 is 31.8. The average Bonchev–Trinajstić information content (AvgIpc) is 2.88. The zero-order chi connectivity index (χ0) is 27.9. The number of hydrogen-bond acceptors (Lipinski definition) is 5. The number of hydrogen-bond donors (Lipinski definition) is 1. The minimum absolute atomic E-state index is 0.0931. The molecular formula is C28H38ClN3O5S. The minimum Gasteiger partial charge on any atom is -0.495 e. The Labute approximate surface area is 231 Å². The Balaban J connectivity index is 1.92. The van der Waals surface area contributed by atoms with Gasteiger partial charge in [-0.1, -0.05) is 67.6 Å². The molecule has 1 aliphatic rings. The van der Waals surface area contributed by atoms with Crippen LogP contribution in [0.2, 0.25) is 5.02 Å². The summed E-state index contributed by atoms with van der Waals surface area (Å²) >= 11 is 6.26. The Kier molecular flexibility index (Phi) is 10.4. The number of methoxy groups -OCH3 is 1. The van der Waals surface area contributed by atoms with Gasteiger partial charge >= 0.3 is 0 Å². The first-order valence-electron chi connectivity index (χ1n) is 13.0. The lowest BCUT2D eigenvalue weighted by Gasteiger charge is -2.34. The number of halogens is 1. The highest BCUT2D eigenvalue weighted by molar-refractivity contribution is 7.92. The first-order chi connectivity index (χ1) is 18.0. The van der Waals surface area contributed by atoms with E-state index in [2.05, 4.69) is 5.32 Å². The summed E-state index contributed by atoms with van der Waals surface area (Å²) in [6, 6.07) is 11.6. The van der Waals surface area contributed by atoms with Gasteiger partial charge in [-0.3, -0.25) is 13.9 Å². The fraction of sp³-hybridized carbons (Fsp3) is 0.500. The molecule has 0 heterocycles. The van der Waals surface area contributed by atoms with Crippen molar-refractivity contribution >= 4 is 39.1 Å². The molecule has 2 aromatic carbocycles. The van der Waals surface area contributed by atoms with Crippen molar-refractivity contribution in [1.29, 1.82) is 0 Å². The zero-order valence-corrected chi connectivity index (χ0v) is 24.1. The van der Waals surface area contributed by atoms with E-state index in [0.717, 1.165) is 53.8 Å². The third-order valence-corrected chi connectivity index (χ3v) is 8.35. The SMILES string of the molecule is CC[C@H](C(=O)NC1CCCCC1)N(Cc1ccc(C)cc1)C(=O)CN(c1ccc(OC)c(Cl)c1)S(C)(=O)=O. The minimum atomic E-state index is -3.85. The Morgan fingerprint density at radius 3 is 2.32 bits per heavy atom. The van der Waals surface area contributed by atoms with Gasteiger partial charge in [-0.2, -0.15) is 0 Å². The van der Waals surface area contributed by atoms with Gasteiger partial charge in [0.05, 0.1) is 24.1 Å². The van der Waals surface area contributed by atoms with E-state index in [-0.39, 0.29) is 29.2 Å². The summed E-state index contributed by atoms with van der Waals surface area (Å²) in [7, 11) is -2.39. The molecule has 0 radical (unpaired) electrons. The second kappa shape index (κ2) is 13.3. The lowest BCUT2D eigenvalue weighted by molar-refractivity contribution is -0.140. The number of benzene rings is 2. The second-order valence-electron chi connectivity index (χ2n) is 9.86. The highest BCUT2D eigenvalue weighted by Gasteiger charge is 2.33. The van der Waals surface area contributed by atoms with Crippen LogP contribution in [-0.4, -0.2) is 57.1 Å². The number of sulfonamides is 1. The molecule has 1 N–H and O–H groups in total. The van der Waals surface area contributed by atoms with Gasteiger partial charge in [0.1, 0.15) is 18.3 Å². The number of amides is 2. The number of ether oxygens (including phenoxy) is 1. The Morgan fingerprint density at radius 2 is 1.76 bits per heavy atom. The molecule has 1 atom stereocenters. The van der Waals surface area contributed by atoms with Crippen molar-refractivity contribution in [3.05, 3.63) is 58.6 Å². The standard InChI is InChI=1S/C28H38ClN3O5S/c1-5-25(28(34)30-22-9-7-6-8-10-22)31(18-21-13-11-20(2)12-14-21)27(33)19-32(38(4,35)36)23-15-16-26(37-3)24(29)17-23/h11-17,22,25H,5-10,18-19H2,1-4H3,(H,30,34)/t25-/m1/s1. The number of rotatable bonds is 11. The first-order valence-corrected chi connectivity index (χ1v) is 15.2. The highest BCUT2D eigenvalue weighted by atomic mass is 35.5. The van der Waals surface area contributed by atoms with Crippen LogP contribution in [0, 0.1) is 6.92 Å². The quantitative estimate of drug-likeness (QED) is 0.428. The Morgan fingerprint density at radius 1 is 1.11 bits per heavy atom. The van der Waals surface area contributed by atoms with Crippen LogP contribution in [0.3, 0.4) is 0 Å². The summed E-state index contributed by atoms with van der Waals surface area (Å²) in [4.78, 5) is 28.8. The smallest absolute Gasteiger partial charge is 0.244 e. The number of carbonyl (C=O) groups excluding carboxylic acids is 2. The summed E-state index contributed by atoms with van der Waals surface area (Å²) in [6.07, 6.45) is 6.59. The molecule has 0 aromatic heterocycles. The molecule has 38 heavy (non-hydrogen) atoms. The van der Waals surface area contributed by atoms with E-state index in [4.69, 9.17) is 16.3 Å². The molecular weight excluding hydrogens is 526 g/mol. The van der Waals surface area contributed by atoms with Crippen LogP contribution >= 0.6 is 11.6 Å². The summed E-state index contributed by atoms with van der Waals surface area (Å²) in [5.74, 6) is -0.298. The molecule has 0 bridgehead atoms. The van der Waals surface area contributed by atoms with Gasteiger partial charge in [0.15, 0.2) is 0 Å². The molecule has 2 aromatic rings. The van der Waals surface area contributed by atoms with E-state index in [1.165, 1.54) is 24.1 Å². The Bertz CT molecular complexity index is 1210. The Hall–Kier alpha value is -2.78. The van der Waals surface area contributed by atoms with Crippen molar-refractivity contribution in [2.75, 3.05) is 24.2 Å². The zero-order valence-electron chi connectivity index (χ0n) is 22.6. The lowest BCUT2D eigenvalue weighted by Crippen LogP contribution is -2.53. The fourth-order valence-electron chi connectivity index (χ4n) is 4.78. The second-order valence-corrected chi connectivity index (χ2v) is 12.2. The summed E-state index contributed by atoms with van der Waals surface area (Å²) in [5, 5.41) is 3.36. The van der Waals surface area contributed by atoms with Gasteiger partial charge in [-0.25, -0.2) is 8.42 Å². The van der Waals surface area contributed by atoms with Gasteiger partial charge < -0.3 is 15.0 Å². The molecule has 208 valence electrons. The van der Waals surface area contributed by atoms with Crippen LogP contribution in [-0.2, 0) is 26.2 Å². The van der Waals surface area contributed by atoms with Gasteiger partial charge in [-0.05, 0) is 49.9 Å².